The molecule has 152 valence electrons. The van der Waals surface area contributed by atoms with Gasteiger partial charge in [0.25, 0.3) is 5.56 Å². The van der Waals surface area contributed by atoms with Crippen LogP contribution in [0.1, 0.15) is 19.5 Å². The molecule has 0 atom stereocenters. The highest BCUT2D eigenvalue weighted by Gasteiger charge is 2.35. The van der Waals surface area contributed by atoms with Crippen LogP contribution in [-0.2, 0) is 18.0 Å². The van der Waals surface area contributed by atoms with Gasteiger partial charge in [0, 0.05) is 19.2 Å². The summed E-state index contributed by atoms with van der Waals surface area (Å²) in [5.41, 5.74) is -3.10. The molecule has 0 saturated carbocycles. The molecule has 0 aliphatic rings. The van der Waals surface area contributed by atoms with Gasteiger partial charge in [0.05, 0.1) is 23.5 Å². The van der Waals surface area contributed by atoms with Crippen molar-refractivity contribution in [3.05, 3.63) is 45.2 Å². The van der Waals surface area contributed by atoms with Crippen molar-refractivity contribution < 1.29 is 27.1 Å². The van der Waals surface area contributed by atoms with Crippen molar-refractivity contribution in [2.24, 2.45) is 7.05 Å². The molecule has 28 heavy (non-hydrogen) atoms. The summed E-state index contributed by atoms with van der Waals surface area (Å²) in [4.78, 5) is 29.0. The van der Waals surface area contributed by atoms with Gasteiger partial charge < -0.3 is 9.30 Å². The van der Waals surface area contributed by atoms with E-state index in [-0.39, 0.29) is 29.4 Å². The van der Waals surface area contributed by atoms with Gasteiger partial charge in [0.15, 0.2) is 0 Å². The van der Waals surface area contributed by atoms with E-state index in [4.69, 9.17) is 16.3 Å². The Bertz CT molecular complexity index is 960. The van der Waals surface area contributed by atoms with Crippen molar-refractivity contribution in [3.8, 4) is 11.3 Å². The van der Waals surface area contributed by atoms with Crippen molar-refractivity contribution in [1.29, 1.82) is 0 Å². The van der Waals surface area contributed by atoms with E-state index in [2.05, 4.69) is 4.98 Å². The number of amides is 1. The van der Waals surface area contributed by atoms with Gasteiger partial charge in [0.1, 0.15) is 17.2 Å². The van der Waals surface area contributed by atoms with Crippen LogP contribution in [0.25, 0.3) is 11.3 Å². The van der Waals surface area contributed by atoms with Crippen LogP contribution in [0.2, 0.25) is 5.02 Å². The topological polar surface area (TPSA) is 64.4 Å². The molecule has 0 aliphatic heterocycles. The quantitative estimate of drug-likeness (QED) is 0.693. The van der Waals surface area contributed by atoms with E-state index in [1.807, 2.05) is 0 Å². The van der Waals surface area contributed by atoms with E-state index < -0.39 is 35.0 Å². The lowest BCUT2D eigenvalue weighted by Crippen LogP contribution is -2.32. The van der Waals surface area contributed by atoms with Gasteiger partial charge in [0.2, 0.25) is 0 Å². The SMILES string of the molecule is CCOC(=O)N(CC)c1cc(-c2ncc(C(F)(F)F)n(C)c2=O)c(Cl)cc1F. The summed E-state index contributed by atoms with van der Waals surface area (Å²) < 4.78 is 58.5. The van der Waals surface area contributed by atoms with Gasteiger partial charge >= 0.3 is 12.3 Å². The minimum atomic E-state index is -4.78. The van der Waals surface area contributed by atoms with Gasteiger partial charge in [-0.3, -0.25) is 9.69 Å². The van der Waals surface area contributed by atoms with E-state index in [9.17, 15) is 27.2 Å². The standard InChI is InChI=1S/C17H16ClF4N3O3/c1-4-25(16(27)28-5-2)12-6-9(10(18)7-11(12)19)14-15(26)24(3)13(8-23-14)17(20,21)22/h6-8H,4-5H2,1-3H3. The Balaban J connectivity index is 2.67. The molecule has 11 heteroatoms. The predicted molar refractivity (Wildman–Crippen MR) is 94.9 cm³/mol. The third kappa shape index (κ3) is 4.11. The summed E-state index contributed by atoms with van der Waals surface area (Å²) in [6.45, 7) is 3.24. The zero-order valence-electron chi connectivity index (χ0n) is 15.1. The minimum Gasteiger partial charge on any atom is -0.449 e. The number of hydrogen-bond acceptors (Lipinski definition) is 4. The maximum Gasteiger partial charge on any atom is 0.433 e. The predicted octanol–water partition coefficient (Wildman–Crippen LogP) is 4.24. The van der Waals surface area contributed by atoms with Crippen LogP contribution in [-0.4, -0.2) is 28.8 Å². The maximum absolute atomic E-state index is 14.4. The molecule has 2 aromatic rings. The number of rotatable bonds is 4. The summed E-state index contributed by atoms with van der Waals surface area (Å²) in [7, 11) is 0.936. The highest BCUT2D eigenvalue weighted by molar-refractivity contribution is 6.33. The van der Waals surface area contributed by atoms with Crippen LogP contribution in [0.15, 0.2) is 23.1 Å². The van der Waals surface area contributed by atoms with Crippen LogP contribution in [0.4, 0.5) is 28.0 Å². The summed E-state index contributed by atoms with van der Waals surface area (Å²) in [6.07, 6.45) is -5.12. The Kier molecular flexibility index (Phi) is 6.33. The number of ether oxygens (including phenoxy) is 1. The summed E-state index contributed by atoms with van der Waals surface area (Å²) in [6, 6.07) is 1.93. The Labute approximate surface area is 162 Å². The molecular formula is C17H16ClF4N3O3. The normalized spacial score (nSPS) is 11.4. The van der Waals surface area contributed by atoms with Gasteiger partial charge in [-0.1, -0.05) is 11.6 Å². The first-order valence-corrected chi connectivity index (χ1v) is 8.47. The Morgan fingerprint density at radius 2 is 1.96 bits per heavy atom. The number of aromatic nitrogens is 2. The molecule has 0 aliphatic carbocycles. The van der Waals surface area contributed by atoms with Crippen LogP contribution in [0.5, 0.6) is 0 Å². The van der Waals surface area contributed by atoms with E-state index in [1.165, 1.54) is 0 Å². The van der Waals surface area contributed by atoms with Crippen LogP contribution in [0.3, 0.4) is 0 Å². The van der Waals surface area contributed by atoms with E-state index >= 15 is 0 Å². The van der Waals surface area contributed by atoms with Crippen LogP contribution in [0, 0.1) is 5.82 Å². The minimum absolute atomic E-state index is 0.0370. The highest BCUT2D eigenvalue weighted by Crippen LogP contribution is 2.33. The largest absolute Gasteiger partial charge is 0.449 e. The number of halogens is 5. The van der Waals surface area contributed by atoms with Gasteiger partial charge in [-0.05, 0) is 26.0 Å². The average Bonchev–Trinajstić information content (AvgIpc) is 2.59. The fraction of sp³-hybridized carbons (Fsp3) is 0.353. The van der Waals surface area contributed by atoms with Crippen molar-refractivity contribution in [2.75, 3.05) is 18.1 Å². The van der Waals surface area contributed by atoms with Crippen molar-refractivity contribution >= 4 is 23.4 Å². The molecule has 0 spiro atoms. The fourth-order valence-corrected chi connectivity index (χ4v) is 2.75. The molecule has 6 nitrogen and oxygen atoms in total. The van der Waals surface area contributed by atoms with Crippen LogP contribution >= 0.6 is 11.6 Å². The zero-order chi connectivity index (χ0) is 21.2. The number of hydrogen-bond donors (Lipinski definition) is 0. The average molecular weight is 422 g/mol. The Hall–Kier alpha value is -2.62. The third-order valence-corrected chi connectivity index (χ3v) is 4.17. The number of nitrogens with zero attached hydrogens (tertiary/aromatic N) is 3. The molecule has 0 fully saturated rings. The summed E-state index contributed by atoms with van der Waals surface area (Å²) in [5, 5.41) is -0.245. The zero-order valence-corrected chi connectivity index (χ0v) is 15.9. The number of benzene rings is 1. The third-order valence-electron chi connectivity index (χ3n) is 3.86. The van der Waals surface area contributed by atoms with Gasteiger partial charge in [-0.2, -0.15) is 13.2 Å². The number of alkyl halides is 3. The molecule has 1 heterocycles. The first kappa shape index (κ1) is 21.7. The lowest BCUT2D eigenvalue weighted by atomic mass is 10.1. The fourth-order valence-electron chi connectivity index (χ4n) is 2.51. The monoisotopic (exact) mass is 421 g/mol. The van der Waals surface area contributed by atoms with Crippen molar-refractivity contribution in [3.63, 3.8) is 0 Å². The molecule has 1 aromatic carbocycles. The molecule has 2 rings (SSSR count). The molecule has 1 aromatic heterocycles. The molecule has 0 unspecified atom stereocenters. The van der Waals surface area contributed by atoms with Gasteiger partial charge in [-0.25, -0.2) is 14.2 Å². The molecule has 1 amide bonds. The lowest BCUT2D eigenvalue weighted by molar-refractivity contribution is -0.144. The van der Waals surface area contributed by atoms with E-state index in [0.717, 1.165) is 24.1 Å². The molecule has 0 radical (unpaired) electrons. The van der Waals surface area contributed by atoms with E-state index in [0.29, 0.717) is 10.8 Å². The lowest BCUT2D eigenvalue weighted by Gasteiger charge is -2.22. The van der Waals surface area contributed by atoms with E-state index in [1.54, 1.807) is 13.8 Å². The maximum atomic E-state index is 14.4. The first-order chi connectivity index (χ1) is 13.0. The summed E-state index contributed by atoms with van der Waals surface area (Å²) in [5.74, 6) is -0.868. The second-order valence-corrected chi connectivity index (χ2v) is 5.99. The molecule has 0 N–H and O–H groups in total. The Morgan fingerprint density at radius 3 is 2.50 bits per heavy atom. The smallest absolute Gasteiger partial charge is 0.433 e. The number of carbonyl (C=O) groups is 1. The molecule has 0 bridgehead atoms. The second-order valence-electron chi connectivity index (χ2n) is 5.58. The van der Waals surface area contributed by atoms with Crippen molar-refractivity contribution in [2.45, 2.75) is 20.0 Å². The first-order valence-electron chi connectivity index (χ1n) is 8.09. The van der Waals surface area contributed by atoms with Crippen LogP contribution < -0.4 is 10.5 Å². The van der Waals surface area contributed by atoms with Crippen molar-refractivity contribution in [1.82, 2.24) is 9.55 Å². The number of carbonyl (C=O) groups excluding carboxylic acids is 1. The Morgan fingerprint density at radius 1 is 1.32 bits per heavy atom. The second kappa shape index (κ2) is 8.17. The highest BCUT2D eigenvalue weighted by atomic mass is 35.5. The van der Waals surface area contributed by atoms with Gasteiger partial charge in [-0.15, -0.1) is 0 Å². The molecule has 0 saturated heterocycles. The number of anilines is 1. The molecular weight excluding hydrogens is 406 g/mol. The summed E-state index contributed by atoms with van der Waals surface area (Å²) >= 11 is 5.99.